The second-order valence-corrected chi connectivity index (χ2v) is 5.60. The lowest BCUT2D eigenvalue weighted by Crippen LogP contribution is -2.31. The highest BCUT2D eigenvalue weighted by Gasteiger charge is 2.21. The molecule has 3 rings (SSSR count). The van der Waals surface area contributed by atoms with Crippen LogP contribution in [0.25, 0.3) is 0 Å². The maximum Gasteiger partial charge on any atom is 0.224 e. The number of nitrogens with two attached hydrogens (primary N) is 1. The van der Waals surface area contributed by atoms with Crippen LogP contribution in [-0.4, -0.2) is 31.7 Å². The van der Waals surface area contributed by atoms with E-state index < -0.39 is 0 Å². The molecule has 5 heteroatoms. The highest BCUT2D eigenvalue weighted by molar-refractivity contribution is 5.95. The molecule has 1 amide bonds. The van der Waals surface area contributed by atoms with Crippen molar-refractivity contribution in [1.29, 1.82) is 0 Å². The number of anilines is 3. The Bertz CT molecular complexity index is 530. The van der Waals surface area contributed by atoms with Gasteiger partial charge in [0.05, 0.1) is 17.5 Å². The predicted molar refractivity (Wildman–Crippen MR) is 80.0 cm³/mol. The number of nitrogens with one attached hydrogen (secondary N) is 1. The SMILES string of the molecule is CC1CN(c2cc3c(cc2N)NC(=O)CC3)CCCO1. The summed E-state index contributed by atoms with van der Waals surface area (Å²) in [5.74, 6) is 0.0708. The molecular weight excluding hydrogens is 254 g/mol. The number of ether oxygens (including phenoxy) is 1. The minimum atomic E-state index is 0.0708. The molecule has 0 aromatic heterocycles. The molecule has 1 aromatic rings. The van der Waals surface area contributed by atoms with Gasteiger partial charge in [-0.05, 0) is 37.5 Å². The van der Waals surface area contributed by atoms with Crippen molar-refractivity contribution in [3.05, 3.63) is 17.7 Å². The van der Waals surface area contributed by atoms with E-state index in [1.165, 1.54) is 5.56 Å². The number of amides is 1. The van der Waals surface area contributed by atoms with Crippen molar-refractivity contribution in [1.82, 2.24) is 0 Å². The number of benzene rings is 1. The summed E-state index contributed by atoms with van der Waals surface area (Å²) in [5, 5.41) is 2.89. The third-order valence-corrected chi connectivity index (χ3v) is 3.94. The average Bonchev–Trinajstić information content (AvgIpc) is 2.62. The van der Waals surface area contributed by atoms with E-state index in [9.17, 15) is 4.79 Å². The third-order valence-electron chi connectivity index (χ3n) is 3.94. The zero-order valence-electron chi connectivity index (χ0n) is 11.8. The Morgan fingerprint density at radius 2 is 2.25 bits per heavy atom. The van der Waals surface area contributed by atoms with Gasteiger partial charge >= 0.3 is 0 Å². The molecule has 2 aliphatic rings. The standard InChI is InChI=1S/C15H21N3O2/c1-10-9-18(5-2-6-20-10)14-7-11-3-4-15(19)17-13(11)8-12(14)16/h7-8,10H,2-6,9,16H2,1H3,(H,17,19). The molecule has 20 heavy (non-hydrogen) atoms. The van der Waals surface area contributed by atoms with Crippen molar-refractivity contribution >= 4 is 23.0 Å². The minimum absolute atomic E-state index is 0.0708. The van der Waals surface area contributed by atoms with Crippen molar-refractivity contribution in [3.8, 4) is 0 Å². The smallest absolute Gasteiger partial charge is 0.224 e. The summed E-state index contributed by atoms with van der Waals surface area (Å²) in [7, 11) is 0. The van der Waals surface area contributed by atoms with Crippen LogP contribution >= 0.6 is 0 Å². The van der Waals surface area contributed by atoms with Gasteiger partial charge in [-0.2, -0.15) is 0 Å². The Kier molecular flexibility index (Phi) is 3.53. The molecule has 3 N–H and O–H groups in total. The molecule has 0 spiro atoms. The predicted octanol–water partition coefficient (Wildman–Crippen LogP) is 1.77. The molecule has 1 saturated heterocycles. The largest absolute Gasteiger partial charge is 0.397 e. The number of nitrogen functional groups attached to an aromatic ring is 1. The Morgan fingerprint density at radius 1 is 1.40 bits per heavy atom. The highest BCUT2D eigenvalue weighted by atomic mass is 16.5. The molecule has 2 heterocycles. The number of hydrogen-bond donors (Lipinski definition) is 2. The molecule has 0 aliphatic carbocycles. The van der Waals surface area contributed by atoms with Crippen molar-refractivity contribution in [2.24, 2.45) is 0 Å². The first-order chi connectivity index (χ1) is 9.63. The van der Waals surface area contributed by atoms with E-state index in [2.05, 4.69) is 23.2 Å². The number of rotatable bonds is 1. The number of fused-ring (bicyclic) bond motifs is 1. The monoisotopic (exact) mass is 275 g/mol. The highest BCUT2D eigenvalue weighted by Crippen LogP contribution is 2.33. The quantitative estimate of drug-likeness (QED) is 0.767. The van der Waals surface area contributed by atoms with Crippen LogP contribution in [0, 0.1) is 0 Å². The summed E-state index contributed by atoms with van der Waals surface area (Å²) in [6.07, 6.45) is 2.56. The van der Waals surface area contributed by atoms with Gasteiger partial charge in [-0.1, -0.05) is 0 Å². The lowest BCUT2D eigenvalue weighted by atomic mass is 10.0. The molecule has 5 nitrogen and oxygen atoms in total. The third kappa shape index (κ3) is 2.58. The number of carbonyl (C=O) groups excluding carboxylic acids is 1. The molecule has 0 saturated carbocycles. The normalized spacial score (nSPS) is 22.9. The van der Waals surface area contributed by atoms with Crippen LogP contribution in [0.15, 0.2) is 12.1 Å². The van der Waals surface area contributed by atoms with Crippen LogP contribution in [0.2, 0.25) is 0 Å². The fourth-order valence-electron chi connectivity index (χ4n) is 2.92. The zero-order valence-corrected chi connectivity index (χ0v) is 11.8. The molecule has 1 atom stereocenters. The zero-order chi connectivity index (χ0) is 14.1. The van der Waals surface area contributed by atoms with Crippen LogP contribution in [0.4, 0.5) is 17.1 Å². The lowest BCUT2D eigenvalue weighted by Gasteiger charge is -2.28. The second kappa shape index (κ2) is 5.32. The first kappa shape index (κ1) is 13.2. The Morgan fingerprint density at radius 3 is 3.10 bits per heavy atom. The maximum absolute atomic E-state index is 11.4. The number of carbonyl (C=O) groups is 1. The molecule has 108 valence electrons. The van der Waals surface area contributed by atoms with Gasteiger partial charge in [0.15, 0.2) is 0 Å². The minimum Gasteiger partial charge on any atom is -0.397 e. The summed E-state index contributed by atoms with van der Waals surface area (Å²) in [6.45, 7) is 4.71. The molecular formula is C15H21N3O2. The summed E-state index contributed by atoms with van der Waals surface area (Å²) < 4.78 is 5.68. The number of aryl methyl sites for hydroxylation is 1. The van der Waals surface area contributed by atoms with E-state index in [-0.39, 0.29) is 12.0 Å². The fraction of sp³-hybridized carbons (Fsp3) is 0.533. The molecule has 0 bridgehead atoms. The topological polar surface area (TPSA) is 67.6 Å². The van der Waals surface area contributed by atoms with E-state index in [4.69, 9.17) is 10.5 Å². The van der Waals surface area contributed by atoms with Crippen LogP contribution in [0.3, 0.4) is 0 Å². The summed E-state index contributed by atoms with van der Waals surface area (Å²) in [5.41, 5.74) is 10.0. The van der Waals surface area contributed by atoms with Gasteiger partial charge in [0.25, 0.3) is 0 Å². The van der Waals surface area contributed by atoms with E-state index in [0.717, 1.165) is 49.6 Å². The first-order valence-electron chi connectivity index (χ1n) is 7.22. The van der Waals surface area contributed by atoms with E-state index in [0.29, 0.717) is 6.42 Å². The van der Waals surface area contributed by atoms with Crippen LogP contribution in [0.5, 0.6) is 0 Å². The average molecular weight is 275 g/mol. The van der Waals surface area contributed by atoms with Crippen molar-refractivity contribution < 1.29 is 9.53 Å². The van der Waals surface area contributed by atoms with E-state index >= 15 is 0 Å². The molecule has 1 aromatic carbocycles. The van der Waals surface area contributed by atoms with Crippen LogP contribution < -0.4 is 16.0 Å². The van der Waals surface area contributed by atoms with Gasteiger partial charge < -0.3 is 20.7 Å². The van der Waals surface area contributed by atoms with E-state index in [1.807, 2.05) is 6.07 Å². The first-order valence-corrected chi connectivity index (χ1v) is 7.22. The van der Waals surface area contributed by atoms with Gasteiger partial charge in [-0.3, -0.25) is 4.79 Å². The second-order valence-electron chi connectivity index (χ2n) is 5.60. The van der Waals surface area contributed by atoms with Crippen LogP contribution in [0.1, 0.15) is 25.3 Å². The van der Waals surface area contributed by atoms with Gasteiger partial charge in [0, 0.05) is 31.8 Å². The summed E-state index contributed by atoms with van der Waals surface area (Å²) in [6, 6.07) is 4.01. The Labute approximate surface area is 119 Å². The molecule has 0 radical (unpaired) electrons. The van der Waals surface area contributed by atoms with Gasteiger partial charge in [0.2, 0.25) is 5.91 Å². The molecule has 1 unspecified atom stereocenters. The maximum atomic E-state index is 11.4. The Balaban J connectivity index is 1.91. The van der Waals surface area contributed by atoms with Gasteiger partial charge in [-0.25, -0.2) is 0 Å². The van der Waals surface area contributed by atoms with Crippen molar-refractivity contribution in [2.75, 3.05) is 35.6 Å². The van der Waals surface area contributed by atoms with Crippen molar-refractivity contribution in [2.45, 2.75) is 32.3 Å². The van der Waals surface area contributed by atoms with Crippen molar-refractivity contribution in [3.63, 3.8) is 0 Å². The molecule has 2 aliphatic heterocycles. The summed E-state index contributed by atoms with van der Waals surface area (Å²) >= 11 is 0. The lowest BCUT2D eigenvalue weighted by molar-refractivity contribution is -0.116. The van der Waals surface area contributed by atoms with E-state index in [1.54, 1.807) is 0 Å². The molecule has 1 fully saturated rings. The number of hydrogen-bond acceptors (Lipinski definition) is 4. The Hall–Kier alpha value is -1.75. The van der Waals surface area contributed by atoms with Gasteiger partial charge in [-0.15, -0.1) is 0 Å². The fourth-order valence-corrected chi connectivity index (χ4v) is 2.92. The summed E-state index contributed by atoms with van der Waals surface area (Å²) in [4.78, 5) is 13.7. The van der Waals surface area contributed by atoms with Gasteiger partial charge in [0.1, 0.15) is 0 Å². The van der Waals surface area contributed by atoms with Crippen LogP contribution in [-0.2, 0) is 16.0 Å². The number of nitrogens with zero attached hydrogens (tertiary/aromatic N) is 1.